The number of aliphatic hydroxyl groups excluding tert-OH is 1. The van der Waals surface area contributed by atoms with Gasteiger partial charge in [-0.05, 0) is 11.6 Å². The largest absolute Gasteiger partial charge is 0.391 e. The molecule has 4 nitrogen and oxygen atoms in total. The van der Waals surface area contributed by atoms with Crippen molar-refractivity contribution < 1.29 is 9.90 Å². The smallest absolute Gasteiger partial charge is 0.255 e. The Balaban J connectivity index is 2.02. The molecule has 0 saturated heterocycles. The molecule has 1 atom stereocenters. The van der Waals surface area contributed by atoms with Gasteiger partial charge in [-0.15, -0.1) is 5.54 Å². The number of hydrogen-bond donors (Lipinski definition) is 1. The molecule has 0 fully saturated rings. The first-order valence-electron chi connectivity index (χ1n) is 8.70. The number of aliphatic hydroxyl groups is 1. The molecule has 26 heavy (non-hydrogen) atoms. The third-order valence-corrected chi connectivity index (χ3v) is 4.59. The van der Waals surface area contributed by atoms with Crippen LogP contribution >= 0.6 is 0 Å². The Kier molecular flexibility index (Phi) is 6.73. The van der Waals surface area contributed by atoms with Gasteiger partial charge in [0.15, 0.2) is 0 Å². The van der Waals surface area contributed by atoms with Gasteiger partial charge in [0.05, 0.1) is 11.7 Å². The van der Waals surface area contributed by atoms with E-state index in [-0.39, 0.29) is 12.5 Å². The molecule has 1 N–H and O–H groups in total. The Morgan fingerprint density at radius 3 is 2.58 bits per heavy atom. The Bertz CT molecular complexity index is 804. The van der Waals surface area contributed by atoms with Crippen LogP contribution in [-0.4, -0.2) is 48.7 Å². The highest BCUT2D eigenvalue weighted by atomic mass is 28.3. The standard InChI is InChI=1S/C21H26N2O2Si/c1-23(16-20(24)13-17-8-6-5-7-9-17)21(25)19-12-18(14-22-15-19)10-11-26(2,3)4/h5-9,12,14-15,20,24H,13,16H2,1-4H3. The van der Waals surface area contributed by atoms with Gasteiger partial charge in [0.1, 0.15) is 8.07 Å². The Hall–Kier alpha value is -2.42. The molecular weight excluding hydrogens is 340 g/mol. The van der Waals surface area contributed by atoms with Crippen LogP contribution in [0, 0.1) is 11.5 Å². The highest BCUT2D eigenvalue weighted by molar-refractivity contribution is 6.83. The number of amides is 1. The molecule has 136 valence electrons. The summed E-state index contributed by atoms with van der Waals surface area (Å²) in [6.45, 7) is 6.78. The molecule has 0 radical (unpaired) electrons. The van der Waals surface area contributed by atoms with Crippen LogP contribution in [0.2, 0.25) is 19.6 Å². The molecule has 1 amide bonds. The van der Waals surface area contributed by atoms with E-state index in [4.69, 9.17) is 0 Å². The number of nitrogens with zero attached hydrogens (tertiary/aromatic N) is 2. The van der Waals surface area contributed by atoms with Crippen molar-refractivity contribution in [3.63, 3.8) is 0 Å². The van der Waals surface area contributed by atoms with E-state index in [9.17, 15) is 9.90 Å². The number of aromatic nitrogens is 1. The van der Waals surface area contributed by atoms with Crippen molar-refractivity contribution in [2.75, 3.05) is 13.6 Å². The van der Waals surface area contributed by atoms with Gasteiger partial charge in [-0.3, -0.25) is 9.78 Å². The number of likely N-dealkylation sites (N-methyl/N-ethyl adjacent to an activating group) is 1. The summed E-state index contributed by atoms with van der Waals surface area (Å²) in [5.41, 5.74) is 5.56. The second-order valence-electron chi connectivity index (χ2n) is 7.49. The monoisotopic (exact) mass is 366 g/mol. The molecule has 0 aliphatic carbocycles. The summed E-state index contributed by atoms with van der Waals surface area (Å²) in [6.07, 6.45) is 3.11. The van der Waals surface area contributed by atoms with E-state index in [1.807, 2.05) is 30.3 Å². The van der Waals surface area contributed by atoms with Gasteiger partial charge in [-0.2, -0.15) is 0 Å². The normalized spacial score (nSPS) is 12.0. The van der Waals surface area contributed by atoms with Gasteiger partial charge in [-0.1, -0.05) is 55.9 Å². The van der Waals surface area contributed by atoms with Crippen molar-refractivity contribution in [3.8, 4) is 11.5 Å². The third kappa shape index (κ3) is 6.47. The first-order chi connectivity index (χ1) is 12.2. The molecule has 0 bridgehead atoms. The second-order valence-corrected chi connectivity index (χ2v) is 12.2. The third-order valence-electron chi connectivity index (χ3n) is 3.71. The van der Waals surface area contributed by atoms with Crippen molar-refractivity contribution >= 4 is 14.0 Å². The topological polar surface area (TPSA) is 53.4 Å². The average molecular weight is 367 g/mol. The number of hydrogen-bond acceptors (Lipinski definition) is 3. The average Bonchev–Trinajstić information content (AvgIpc) is 2.59. The van der Waals surface area contributed by atoms with E-state index < -0.39 is 14.2 Å². The van der Waals surface area contributed by atoms with Crippen molar-refractivity contribution in [1.82, 2.24) is 9.88 Å². The first kappa shape index (κ1) is 19.9. The van der Waals surface area contributed by atoms with E-state index >= 15 is 0 Å². The fourth-order valence-electron chi connectivity index (χ4n) is 2.46. The van der Waals surface area contributed by atoms with Gasteiger partial charge in [0.25, 0.3) is 5.91 Å². The molecular formula is C21H26N2O2Si. The molecule has 0 spiro atoms. The number of benzene rings is 1. The quantitative estimate of drug-likeness (QED) is 0.654. The van der Waals surface area contributed by atoms with Gasteiger partial charge in [-0.25, -0.2) is 0 Å². The fourth-order valence-corrected chi connectivity index (χ4v) is 2.97. The number of rotatable bonds is 5. The van der Waals surface area contributed by atoms with E-state index in [1.165, 1.54) is 4.90 Å². The summed E-state index contributed by atoms with van der Waals surface area (Å²) < 4.78 is 0. The molecule has 1 aromatic heterocycles. The van der Waals surface area contributed by atoms with Crippen LogP contribution in [0.15, 0.2) is 48.8 Å². The highest BCUT2D eigenvalue weighted by Gasteiger charge is 2.16. The number of carbonyl (C=O) groups excluding carboxylic acids is 1. The molecule has 5 heteroatoms. The zero-order chi connectivity index (χ0) is 19.2. The van der Waals surface area contributed by atoms with Crippen LogP contribution in [0.3, 0.4) is 0 Å². The first-order valence-corrected chi connectivity index (χ1v) is 12.2. The van der Waals surface area contributed by atoms with Gasteiger partial charge in [0.2, 0.25) is 0 Å². The van der Waals surface area contributed by atoms with Crippen molar-refractivity contribution in [2.24, 2.45) is 0 Å². The lowest BCUT2D eigenvalue weighted by Gasteiger charge is -2.21. The van der Waals surface area contributed by atoms with Crippen LogP contribution in [0.25, 0.3) is 0 Å². The molecule has 2 rings (SSSR count). The molecule has 1 unspecified atom stereocenters. The maximum Gasteiger partial charge on any atom is 0.255 e. The summed E-state index contributed by atoms with van der Waals surface area (Å²) in [5, 5.41) is 10.3. The minimum absolute atomic E-state index is 0.165. The lowest BCUT2D eigenvalue weighted by molar-refractivity contribution is 0.0681. The van der Waals surface area contributed by atoms with Crippen LogP contribution in [-0.2, 0) is 6.42 Å². The van der Waals surface area contributed by atoms with E-state index in [2.05, 4.69) is 36.1 Å². The lowest BCUT2D eigenvalue weighted by atomic mass is 10.1. The predicted molar refractivity (Wildman–Crippen MR) is 108 cm³/mol. The molecule has 0 saturated carbocycles. The maximum atomic E-state index is 12.6. The summed E-state index contributed by atoms with van der Waals surface area (Å²) in [6, 6.07) is 11.5. The van der Waals surface area contributed by atoms with Crippen LogP contribution in [0.5, 0.6) is 0 Å². The van der Waals surface area contributed by atoms with Crippen molar-refractivity contribution in [1.29, 1.82) is 0 Å². The molecule has 1 aromatic carbocycles. The highest BCUT2D eigenvalue weighted by Crippen LogP contribution is 2.09. The molecule has 2 aromatic rings. The van der Waals surface area contributed by atoms with Crippen molar-refractivity contribution in [3.05, 3.63) is 65.5 Å². The van der Waals surface area contributed by atoms with Crippen molar-refractivity contribution in [2.45, 2.75) is 32.2 Å². The summed E-state index contributed by atoms with van der Waals surface area (Å²) in [4.78, 5) is 18.3. The lowest BCUT2D eigenvalue weighted by Crippen LogP contribution is -2.35. The van der Waals surface area contributed by atoms with E-state index in [0.717, 1.165) is 11.1 Å². The predicted octanol–water partition coefficient (Wildman–Crippen LogP) is 2.99. The van der Waals surface area contributed by atoms with Gasteiger partial charge < -0.3 is 10.0 Å². The number of pyridine rings is 1. The zero-order valence-electron chi connectivity index (χ0n) is 15.9. The van der Waals surface area contributed by atoms with E-state index in [1.54, 1.807) is 25.5 Å². The molecule has 1 heterocycles. The summed E-state index contributed by atoms with van der Waals surface area (Å²) >= 11 is 0. The zero-order valence-corrected chi connectivity index (χ0v) is 16.9. The van der Waals surface area contributed by atoms with Crippen LogP contribution < -0.4 is 0 Å². The Labute approximate surface area is 156 Å². The molecule has 0 aliphatic rings. The van der Waals surface area contributed by atoms with E-state index in [0.29, 0.717) is 12.0 Å². The maximum absolute atomic E-state index is 12.6. The fraction of sp³-hybridized carbons (Fsp3) is 0.333. The summed E-state index contributed by atoms with van der Waals surface area (Å²) in [5.74, 6) is 2.96. The van der Waals surface area contributed by atoms with Crippen LogP contribution in [0.4, 0.5) is 0 Å². The van der Waals surface area contributed by atoms with Crippen LogP contribution in [0.1, 0.15) is 21.5 Å². The summed E-state index contributed by atoms with van der Waals surface area (Å²) in [7, 11) is 0.209. The minimum Gasteiger partial charge on any atom is -0.391 e. The molecule has 0 aliphatic heterocycles. The van der Waals surface area contributed by atoms with Gasteiger partial charge in [0, 0.05) is 38.0 Å². The SMILES string of the molecule is CN(CC(O)Cc1ccccc1)C(=O)c1cncc(C#C[Si](C)(C)C)c1. The Morgan fingerprint density at radius 2 is 1.92 bits per heavy atom. The second kappa shape index (κ2) is 8.79. The number of carbonyl (C=O) groups is 1. The van der Waals surface area contributed by atoms with Gasteiger partial charge >= 0.3 is 0 Å². The Morgan fingerprint density at radius 1 is 1.23 bits per heavy atom. The minimum atomic E-state index is -1.48.